The van der Waals surface area contributed by atoms with Crippen molar-refractivity contribution in [2.75, 3.05) is 23.8 Å². The maximum Gasteiger partial charge on any atom is 0.134 e. The molecule has 1 saturated heterocycles. The molecule has 16 heavy (non-hydrogen) atoms. The molecule has 1 rings (SSSR count). The standard InChI is InChI=1S/C8H15NS7/c10-2-5(12)1-9(7(13)14)8-15-4-6(3-11)16-8/h5-6,8,10-12H,1-4H2,(H,13,14). The lowest BCUT2D eigenvalue weighted by molar-refractivity contribution is 0.489. The third-order valence-corrected chi connectivity index (χ3v) is 7.60. The average Bonchev–Trinajstić information content (AvgIpc) is 2.73. The van der Waals surface area contributed by atoms with Crippen LogP contribution in [-0.4, -0.2) is 48.2 Å². The smallest absolute Gasteiger partial charge is 0.134 e. The first-order valence-electron chi connectivity index (χ1n) is 4.75. The maximum absolute atomic E-state index is 5.18. The quantitative estimate of drug-likeness (QED) is 0.446. The minimum atomic E-state index is 0.227. The predicted molar refractivity (Wildman–Crippen MR) is 96.4 cm³/mol. The molecular formula is C8H15NS7. The van der Waals surface area contributed by atoms with Crippen molar-refractivity contribution in [3.8, 4) is 0 Å². The van der Waals surface area contributed by atoms with Crippen molar-refractivity contribution in [3.63, 3.8) is 0 Å². The average molecular weight is 350 g/mol. The van der Waals surface area contributed by atoms with Gasteiger partial charge in [-0.2, -0.15) is 37.9 Å². The van der Waals surface area contributed by atoms with E-state index in [1.807, 2.05) is 23.5 Å². The molecule has 0 aromatic carbocycles. The van der Waals surface area contributed by atoms with Gasteiger partial charge in [0, 0.05) is 34.3 Å². The highest BCUT2D eigenvalue weighted by Gasteiger charge is 2.31. The predicted octanol–water partition coefficient (Wildman–Crippen LogP) is 2.79. The van der Waals surface area contributed by atoms with Crippen LogP contribution in [0.25, 0.3) is 0 Å². The molecule has 1 fully saturated rings. The summed E-state index contributed by atoms with van der Waals surface area (Å²) in [5, 5.41) is 0.836. The second kappa shape index (κ2) is 8.22. The minimum Gasteiger partial charge on any atom is -0.336 e. The molecular weight excluding hydrogens is 335 g/mol. The van der Waals surface area contributed by atoms with Gasteiger partial charge in [0.25, 0.3) is 0 Å². The van der Waals surface area contributed by atoms with E-state index >= 15 is 0 Å². The zero-order valence-electron chi connectivity index (χ0n) is 8.52. The van der Waals surface area contributed by atoms with Crippen molar-refractivity contribution in [1.82, 2.24) is 4.90 Å². The third-order valence-electron chi connectivity index (χ3n) is 2.06. The van der Waals surface area contributed by atoms with Gasteiger partial charge in [-0.05, 0) is 0 Å². The van der Waals surface area contributed by atoms with E-state index in [9.17, 15) is 0 Å². The van der Waals surface area contributed by atoms with Gasteiger partial charge in [-0.25, -0.2) is 0 Å². The van der Waals surface area contributed by atoms with Gasteiger partial charge in [-0.15, -0.1) is 36.2 Å². The summed E-state index contributed by atoms with van der Waals surface area (Å²) < 4.78 is 1.00. The van der Waals surface area contributed by atoms with Crippen LogP contribution >= 0.6 is 86.3 Å². The molecule has 0 radical (unpaired) electrons. The van der Waals surface area contributed by atoms with Crippen molar-refractivity contribution in [2.24, 2.45) is 0 Å². The lowest BCUT2D eigenvalue weighted by Gasteiger charge is -2.30. The number of thiol groups is 4. The van der Waals surface area contributed by atoms with Crippen LogP contribution in [0.4, 0.5) is 0 Å². The number of hydrogen-bond acceptors (Lipinski definition) is 6. The maximum atomic E-state index is 5.18. The number of thiocarbonyl (C=S) groups is 1. The van der Waals surface area contributed by atoms with Gasteiger partial charge in [0.15, 0.2) is 0 Å². The van der Waals surface area contributed by atoms with Crippen LogP contribution in [0.1, 0.15) is 0 Å². The first-order chi connectivity index (χ1) is 7.58. The van der Waals surface area contributed by atoms with E-state index in [1.54, 1.807) is 0 Å². The summed E-state index contributed by atoms with van der Waals surface area (Å²) in [7, 11) is 0. The molecule has 0 saturated carbocycles. The molecule has 0 aromatic rings. The molecule has 0 bridgehead atoms. The van der Waals surface area contributed by atoms with Crippen molar-refractivity contribution >= 4 is 90.6 Å². The monoisotopic (exact) mass is 349 g/mol. The van der Waals surface area contributed by atoms with Crippen LogP contribution in [0.2, 0.25) is 0 Å². The van der Waals surface area contributed by atoms with E-state index in [-0.39, 0.29) is 5.25 Å². The fourth-order valence-corrected chi connectivity index (χ4v) is 5.94. The molecule has 1 aliphatic rings. The third kappa shape index (κ3) is 4.93. The lowest BCUT2D eigenvalue weighted by Crippen LogP contribution is -2.37. The van der Waals surface area contributed by atoms with Crippen LogP contribution < -0.4 is 0 Å². The van der Waals surface area contributed by atoms with Gasteiger partial charge in [-0.3, -0.25) is 0 Å². The zero-order chi connectivity index (χ0) is 12.1. The summed E-state index contributed by atoms with van der Waals surface area (Å²) in [6.45, 7) is 0.804. The van der Waals surface area contributed by atoms with Gasteiger partial charge in [-0.1, -0.05) is 12.2 Å². The van der Waals surface area contributed by atoms with E-state index in [1.165, 1.54) is 0 Å². The molecule has 0 aromatic heterocycles. The Morgan fingerprint density at radius 3 is 2.62 bits per heavy atom. The number of nitrogens with zero attached hydrogens (tertiary/aromatic N) is 1. The molecule has 0 N–H and O–H groups in total. The molecule has 8 heteroatoms. The van der Waals surface area contributed by atoms with E-state index < -0.39 is 0 Å². The molecule has 0 aliphatic carbocycles. The van der Waals surface area contributed by atoms with Crippen molar-refractivity contribution in [1.29, 1.82) is 0 Å². The fourth-order valence-electron chi connectivity index (χ4n) is 1.23. The molecule has 3 atom stereocenters. The Morgan fingerprint density at radius 1 is 1.50 bits per heavy atom. The first-order valence-corrected chi connectivity index (χ1v) is 9.37. The summed E-state index contributed by atoms with van der Waals surface area (Å²) in [6.07, 6.45) is 0. The van der Waals surface area contributed by atoms with Gasteiger partial charge in [0.2, 0.25) is 0 Å². The Labute approximate surface area is 133 Å². The second-order valence-corrected chi connectivity index (χ2v) is 8.72. The second-order valence-electron chi connectivity index (χ2n) is 3.35. The van der Waals surface area contributed by atoms with Gasteiger partial charge in [0.05, 0.1) is 0 Å². The topological polar surface area (TPSA) is 3.24 Å². The van der Waals surface area contributed by atoms with E-state index in [0.717, 1.165) is 23.8 Å². The normalized spacial score (nSPS) is 26.8. The molecule has 0 spiro atoms. The highest BCUT2D eigenvalue weighted by Crippen LogP contribution is 2.41. The van der Waals surface area contributed by atoms with E-state index in [2.05, 4.69) is 55.4 Å². The van der Waals surface area contributed by atoms with Crippen LogP contribution in [0, 0.1) is 0 Å². The van der Waals surface area contributed by atoms with Crippen molar-refractivity contribution in [2.45, 2.75) is 15.2 Å². The van der Waals surface area contributed by atoms with Gasteiger partial charge >= 0.3 is 0 Å². The lowest BCUT2D eigenvalue weighted by atomic mass is 10.4. The number of rotatable bonds is 5. The summed E-state index contributed by atoms with van der Waals surface area (Å²) in [5.41, 5.74) is 0. The Balaban J connectivity index is 2.54. The highest BCUT2D eigenvalue weighted by atomic mass is 32.2. The van der Waals surface area contributed by atoms with E-state index in [0.29, 0.717) is 14.3 Å². The molecule has 3 unspecified atom stereocenters. The minimum absolute atomic E-state index is 0.227. The van der Waals surface area contributed by atoms with Crippen LogP contribution in [0.5, 0.6) is 0 Å². The molecule has 1 aliphatic heterocycles. The Morgan fingerprint density at radius 2 is 2.19 bits per heavy atom. The summed E-state index contributed by atoms with van der Waals surface area (Å²) in [6, 6.07) is 0. The van der Waals surface area contributed by atoms with Crippen LogP contribution in [0.3, 0.4) is 0 Å². The van der Waals surface area contributed by atoms with E-state index in [4.69, 9.17) is 12.2 Å². The van der Waals surface area contributed by atoms with Crippen LogP contribution in [-0.2, 0) is 0 Å². The number of thioether (sulfide) groups is 2. The zero-order valence-corrected chi connectivity index (χ0v) is 14.5. The van der Waals surface area contributed by atoms with Gasteiger partial charge in [0.1, 0.15) is 9.03 Å². The molecule has 1 heterocycles. The Hall–Kier alpha value is 1.99. The fraction of sp³-hybridized carbons (Fsp3) is 0.875. The Bertz CT molecular complexity index is 236. The summed E-state index contributed by atoms with van der Waals surface area (Å²) in [4.78, 5) is 2.13. The Kier molecular flexibility index (Phi) is 8.24. The summed E-state index contributed by atoms with van der Waals surface area (Å²) >= 11 is 26.3. The highest BCUT2D eigenvalue weighted by molar-refractivity contribution is 8.21. The first kappa shape index (κ1) is 16.0. The molecule has 0 amide bonds. The van der Waals surface area contributed by atoms with Crippen molar-refractivity contribution in [3.05, 3.63) is 0 Å². The summed E-state index contributed by atoms with van der Waals surface area (Å²) in [5.74, 6) is 2.79. The van der Waals surface area contributed by atoms with Crippen LogP contribution in [0.15, 0.2) is 0 Å². The number of hydrogen-bond donors (Lipinski definition) is 4. The molecule has 94 valence electrons. The largest absolute Gasteiger partial charge is 0.336 e. The van der Waals surface area contributed by atoms with Crippen molar-refractivity contribution < 1.29 is 0 Å². The molecule has 1 nitrogen and oxygen atoms in total. The van der Waals surface area contributed by atoms with Gasteiger partial charge < -0.3 is 4.90 Å². The SMILES string of the molecule is S=C(S)N(CC(S)CS)C1SCC(CS)S1.